The Balaban J connectivity index is 2.22. The van der Waals surface area contributed by atoms with E-state index in [0.29, 0.717) is 12.8 Å². The molecule has 0 fully saturated rings. The number of aliphatic hydroxyl groups excluding tert-OH is 1. The van der Waals surface area contributed by atoms with Crippen LogP contribution in [0.15, 0.2) is 12.2 Å². The minimum Gasteiger partial charge on any atom is -0.385 e. The average molecular weight is 323 g/mol. The van der Waals surface area contributed by atoms with Gasteiger partial charge in [-0.25, -0.2) is 0 Å². The summed E-state index contributed by atoms with van der Waals surface area (Å²) in [6.07, 6.45) is 23.6. The predicted octanol–water partition coefficient (Wildman–Crippen LogP) is 6.12. The van der Waals surface area contributed by atoms with Crippen molar-refractivity contribution >= 4 is 5.78 Å². The number of ketones is 1. The summed E-state index contributed by atoms with van der Waals surface area (Å²) in [5.74, 6) is 0.0713. The summed E-state index contributed by atoms with van der Waals surface area (Å²) in [7, 11) is 0. The number of hydrogen-bond donors (Lipinski definition) is 1. The van der Waals surface area contributed by atoms with Gasteiger partial charge in [-0.3, -0.25) is 4.79 Å². The zero-order valence-corrected chi connectivity index (χ0v) is 15.1. The molecule has 0 radical (unpaired) electrons. The lowest BCUT2D eigenvalue weighted by molar-refractivity contribution is -0.127. The lowest BCUT2D eigenvalue weighted by Crippen LogP contribution is -2.19. The topological polar surface area (TPSA) is 37.3 Å². The summed E-state index contributed by atoms with van der Waals surface area (Å²) in [4.78, 5) is 11.9. The third-order valence-electron chi connectivity index (χ3n) is 4.93. The lowest BCUT2D eigenvalue weighted by Gasteiger charge is -2.09. The van der Waals surface area contributed by atoms with Gasteiger partial charge in [0.1, 0.15) is 6.10 Å². The van der Waals surface area contributed by atoms with Crippen LogP contribution in [0.5, 0.6) is 0 Å². The van der Waals surface area contributed by atoms with E-state index in [4.69, 9.17) is 0 Å². The van der Waals surface area contributed by atoms with Crippen molar-refractivity contribution in [2.45, 2.75) is 115 Å². The number of hydrogen-bond acceptors (Lipinski definition) is 2. The number of Topliss-reactive ketones (excluding diaryl/α,β-unsaturated/α-hetero) is 1. The van der Waals surface area contributed by atoms with Crippen LogP contribution in [-0.4, -0.2) is 17.0 Å². The summed E-state index contributed by atoms with van der Waals surface area (Å²) in [6, 6.07) is 0. The fourth-order valence-corrected chi connectivity index (χ4v) is 3.32. The van der Waals surface area contributed by atoms with E-state index in [1.807, 2.05) is 0 Å². The Morgan fingerprint density at radius 2 is 1.09 bits per heavy atom. The van der Waals surface area contributed by atoms with Crippen LogP contribution in [0.25, 0.3) is 0 Å². The molecule has 1 atom stereocenters. The summed E-state index contributed by atoms with van der Waals surface area (Å²) < 4.78 is 0. The van der Waals surface area contributed by atoms with E-state index in [2.05, 4.69) is 12.2 Å². The predicted molar refractivity (Wildman–Crippen MR) is 98.6 cm³/mol. The molecule has 1 aliphatic carbocycles. The van der Waals surface area contributed by atoms with E-state index in [-0.39, 0.29) is 5.78 Å². The van der Waals surface area contributed by atoms with Gasteiger partial charge in [0.15, 0.2) is 5.78 Å². The molecule has 134 valence electrons. The van der Waals surface area contributed by atoms with Crippen LogP contribution >= 0.6 is 0 Å². The van der Waals surface area contributed by atoms with E-state index in [9.17, 15) is 9.90 Å². The number of aliphatic hydroxyl groups is 1. The SMILES string of the molecule is O=C1CCCCCCCCCC=CCCCCCCCCC1O. The van der Waals surface area contributed by atoms with Crippen LogP contribution in [0, 0.1) is 0 Å². The van der Waals surface area contributed by atoms with Gasteiger partial charge in [-0.1, -0.05) is 76.4 Å². The number of rotatable bonds is 0. The highest BCUT2D eigenvalue weighted by molar-refractivity contribution is 5.82. The van der Waals surface area contributed by atoms with Crippen molar-refractivity contribution in [3.05, 3.63) is 12.2 Å². The zero-order chi connectivity index (χ0) is 16.6. The fraction of sp³-hybridized carbons (Fsp3) is 0.857. The maximum Gasteiger partial charge on any atom is 0.161 e. The monoisotopic (exact) mass is 322 g/mol. The quantitative estimate of drug-likeness (QED) is 0.546. The Morgan fingerprint density at radius 1 is 0.652 bits per heavy atom. The number of carbonyl (C=O) groups excluding carboxylic acids is 1. The molecular formula is C21H38O2. The molecule has 2 heteroatoms. The van der Waals surface area contributed by atoms with Gasteiger partial charge in [0.2, 0.25) is 0 Å². The molecule has 2 nitrogen and oxygen atoms in total. The van der Waals surface area contributed by atoms with Crippen molar-refractivity contribution in [2.24, 2.45) is 0 Å². The molecule has 0 heterocycles. The van der Waals surface area contributed by atoms with Crippen molar-refractivity contribution < 1.29 is 9.90 Å². The third-order valence-corrected chi connectivity index (χ3v) is 4.93. The highest BCUT2D eigenvalue weighted by Crippen LogP contribution is 2.14. The Hall–Kier alpha value is -0.630. The normalized spacial score (nSPS) is 25.6. The molecule has 1 N–H and O–H groups in total. The number of allylic oxidation sites excluding steroid dienone is 2. The Bertz CT molecular complexity index is 309. The van der Waals surface area contributed by atoms with Crippen LogP contribution in [0.2, 0.25) is 0 Å². The highest BCUT2D eigenvalue weighted by Gasteiger charge is 2.13. The molecule has 0 saturated carbocycles. The molecule has 0 saturated heterocycles. The second kappa shape index (κ2) is 14.9. The minimum atomic E-state index is -0.700. The first-order chi connectivity index (χ1) is 11.3. The molecule has 0 aromatic rings. The van der Waals surface area contributed by atoms with Gasteiger partial charge >= 0.3 is 0 Å². The van der Waals surface area contributed by atoms with Gasteiger partial charge in [0.05, 0.1) is 0 Å². The molecule has 0 amide bonds. The van der Waals surface area contributed by atoms with E-state index >= 15 is 0 Å². The van der Waals surface area contributed by atoms with E-state index < -0.39 is 6.10 Å². The smallest absolute Gasteiger partial charge is 0.161 e. The molecule has 1 rings (SSSR count). The largest absolute Gasteiger partial charge is 0.385 e. The van der Waals surface area contributed by atoms with Crippen molar-refractivity contribution in [2.75, 3.05) is 0 Å². The molecule has 0 aromatic heterocycles. The van der Waals surface area contributed by atoms with Crippen molar-refractivity contribution in [3.8, 4) is 0 Å². The van der Waals surface area contributed by atoms with Gasteiger partial charge in [0.25, 0.3) is 0 Å². The highest BCUT2D eigenvalue weighted by atomic mass is 16.3. The van der Waals surface area contributed by atoms with Crippen LogP contribution in [0.4, 0.5) is 0 Å². The minimum absolute atomic E-state index is 0.0713. The molecule has 1 unspecified atom stereocenters. The van der Waals surface area contributed by atoms with Crippen molar-refractivity contribution in [1.29, 1.82) is 0 Å². The molecule has 23 heavy (non-hydrogen) atoms. The van der Waals surface area contributed by atoms with Crippen LogP contribution in [-0.2, 0) is 4.79 Å². The van der Waals surface area contributed by atoms with Gasteiger partial charge < -0.3 is 5.11 Å². The first-order valence-electron chi connectivity index (χ1n) is 10.2. The van der Waals surface area contributed by atoms with Crippen molar-refractivity contribution in [1.82, 2.24) is 0 Å². The summed E-state index contributed by atoms with van der Waals surface area (Å²) in [5.41, 5.74) is 0. The lowest BCUT2D eigenvalue weighted by atomic mass is 10.0. The summed E-state index contributed by atoms with van der Waals surface area (Å²) in [6.45, 7) is 0. The standard InChI is InChI=1S/C21H38O2/c22-20-18-16-14-12-10-8-6-4-2-1-3-5-7-9-11-13-15-17-19-21(20)23/h1-2,20,22H,3-19H2. The zero-order valence-electron chi connectivity index (χ0n) is 15.1. The molecule has 1 aliphatic rings. The average Bonchev–Trinajstić information content (AvgIpc) is 2.55. The third kappa shape index (κ3) is 12.5. The van der Waals surface area contributed by atoms with Gasteiger partial charge in [-0.05, 0) is 38.5 Å². The Kier molecular flexibility index (Phi) is 13.3. The second-order valence-corrected chi connectivity index (χ2v) is 7.17. The second-order valence-electron chi connectivity index (χ2n) is 7.17. The summed E-state index contributed by atoms with van der Waals surface area (Å²) in [5, 5.41) is 9.91. The van der Waals surface area contributed by atoms with Crippen LogP contribution in [0.3, 0.4) is 0 Å². The van der Waals surface area contributed by atoms with Gasteiger partial charge in [0, 0.05) is 6.42 Å². The van der Waals surface area contributed by atoms with Crippen molar-refractivity contribution in [3.63, 3.8) is 0 Å². The fourth-order valence-electron chi connectivity index (χ4n) is 3.32. The number of carbonyl (C=O) groups is 1. The summed E-state index contributed by atoms with van der Waals surface area (Å²) >= 11 is 0. The molecular weight excluding hydrogens is 284 g/mol. The first-order valence-corrected chi connectivity index (χ1v) is 10.2. The Morgan fingerprint density at radius 3 is 1.65 bits per heavy atom. The van der Waals surface area contributed by atoms with E-state index in [1.54, 1.807) is 0 Å². The molecule has 0 spiro atoms. The van der Waals surface area contributed by atoms with E-state index in [1.165, 1.54) is 70.6 Å². The van der Waals surface area contributed by atoms with Crippen LogP contribution < -0.4 is 0 Å². The maximum atomic E-state index is 11.9. The molecule has 0 aromatic carbocycles. The van der Waals surface area contributed by atoms with Crippen LogP contribution in [0.1, 0.15) is 109 Å². The van der Waals surface area contributed by atoms with Gasteiger partial charge in [-0.15, -0.1) is 0 Å². The van der Waals surface area contributed by atoms with Gasteiger partial charge in [-0.2, -0.15) is 0 Å². The van der Waals surface area contributed by atoms with E-state index in [0.717, 1.165) is 25.7 Å². The molecule has 0 bridgehead atoms. The molecule has 0 aliphatic heterocycles. The Labute approximate surface area is 143 Å². The first kappa shape index (κ1) is 20.4. The maximum absolute atomic E-state index is 11.9.